The molecule has 0 saturated carbocycles. The van der Waals surface area contributed by atoms with Gasteiger partial charge in [-0.05, 0) is 38.0 Å². The van der Waals surface area contributed by atoms with Gasteiger partial charge in [0.15, 0.2) is 9.84 Å². The third kappa shape index (κ3) is 4.14. The summed E-state index contributed by atoms with van der Waals surface area (Å²) >= 11 is 0. The van der Waals surface area contributed by atoms with Gasteiger partial charge < -0.3 is 15.8 Å². The van der Waals surface area contributed by atoms with Gasteiger partial charge in [-0.3, -0.25) is 9.79 Å². The molecule has 1 aromatic heterocycles. The second-order valence-electron chi connectivity index (χ2n) is 7.76. The number of alkyl halides is 1. The summed E-state index contributed by atoms with van der Waals surface area (Å²) in [6.45, 7) is 0.304. The van der Waals surface area contributed by atoms with Crippen LogP contribution in [0.4, 0.5) is 14.5 Å². The summed E-state index contributed by atoms with van der Waals surface area (Å²) in [4.78, 5) is 24.4. The number of nitrogens with one attached hydrogen (secondary N) is 1. The fourth-order valence-corrected chi connectivity index (χ4v) is 4.31. The van der Waals surface area contributed by atoms with Gasteiger partial charge in [0.2, 0.25) is 5.88 Å². The van der Waals surface area contributed by atoms with Crippen LogP contribution in [0.3, 0.4) is 0 Å². The Kier molecular flexibility index (Phi) is 6.18. The number of hydrogen-bond acceptors (Lipinski definition) is 8. The van der Waals surface area contributed by atoms with Crippen LogP contribution in [-0.4, -0.2) is 54.9 Å². The van der Waals surface area contributed by atoms with Gasteiger partial charge in [0.1, 0.15) is 34.3 Å². The number of hydrogen-bond donors (Lipinski definition) is 2. The molecule has 3 rings (SSSR count). The van der Waals surface area contributed by atoms with Crippen molar-refractivity contribution in [3.8, 4) is 5.88 Å². The SMILES string of the molecule is COc1cnc(C(=O)Nc2ccc(F)c([C@]3(CF)CC[C@](C)(S(C)(=O)=O)C(N)=N3)c2)cn1. The standard InChI is InChI=1S/C20H23F2N5O4S/c1-19(32(3,29)30)6-7-20(11-21,27-18(19)23)13-8-12(4-5-14(13)22)26-17(28)15-9-25-16(31-2)10-24-15/h4-5,8-10H,6-7,11H2,1-3H3,(H2,23,27)(H,26,28)/t19-,20+/m0/s1. The molecule has 0 spiro atoms. The summed E-state index contributed by atoms with van der Waals surface area (Å²) in [6, 6.07) is 3.62. The Morgan fingerprint density at radius 1 is 1.28 bits per heavy atom. The first kappa shape index (κ1) is 23.5. The van der Waals surface area contributed by atoms with Gasteiger partial charge in [0, 0.05) is 17.5 Å². The lowest BCUT2D eigenvalue weighted by molar-refractivity contribution is 0.102. The van der Waals surface area contributed by atoms with E-state index in [0.29, 0.717) is 0 Å². The van der Waals surface area contributed by atoms with Crippen LogP contribution in [0.1, 0.15) is 35.8 Å². The number of aliphatic imine (C=N–C) groups is 1. The number of ether oxygens (including phenoxy) is 1. The van der Waals surface area contributed by atoms with Crippen molar-refractivity contribution in [2.45, 2.75) is 30.1 Å². The highest BCUT2D eigenvalue weighted by Gasteiger charge is 2.49. The molecular weight excluding hydrogens is 444 g/mol. The number of aromatic nitrogens is 2. The van der Waals surface area contributed by atoms with Crippen LogP contribution >= 0.6 is 0 Å². The van der Waals surface area contributed by atoms with E-state index in [2.05, 4.69) is 20.3 Å². The minimum atomic E-state index is -3.64. The number of methoxy groups -OCH3 is 1. The Morgan fingerprint density at radius 2 is 2.00 bits per heavy atom. The minimum absolute atomic E-state index is 0.0132. The molecule has 1 aromatic carbocycles. The average molecular weight is 467 g/mol. The number of halogens is 2. The first-order chi connectivity index (χ1) is 15.0. The van der Waals surface area contributed by atoms with Crippen LogP contribution in [0.5, 0.6) is 5.88 Å². The quantitative estimate of drug-likeness (QED) is 0.663. The van der Waals surface area contributed by atoms with E-state index in [-0.39, 0.29) is 41.5 Å². The van der Waals surface area contributed by atoms with Crippen LogP contribution in [0.15, 0.2) is 35.6 Å². The zero-order chi connectivity index (χ0) is 23.7. The van der Waals surface area contributed by atoms with E-state index < -0.39 is 38.5 Å². The van der Waals surface area contributed by atoms with Crippen LogP contribution in [-0.2, 0) is 15.4 Å². The Morgan fingerprint density at radius 3 is 2.53 bits per heavy atom. The number of amidine groups is 1. The van der Waals surface area contributed by atoms with E-state index in [0.717, 1.165) is 12.3 Å². The molecule has 2 aromatic rings. The maximum absolute atomic E-state index is 14.7. The zero-order valence-electron chi connectivity index (χ0n) is 17.7. The molecule has 0 radical (unpaired) electrons. The zero-order valence-corrected chi connectivity index (χ0v) is 18.5. The lowest BCUT2D eigenvalue weighted by Crippen LogP contribution is -2.53. The molecule has 1 amide bonds. The van der Waals surface area contributed by atoms with Crippen molar-refractivity contribution < 1.29 is 26.7 Å². The summed E-state index contributed by atoms with van der Waals surface area (Å²) in [7, 11) is -2.23. The van der Waals surface area contributed by atoms with Crippen molar-refractivity contribution in [2.24, 2.45) is 10.7 Å². The highest BCUT2D eigenvalue weighted by molar-refractivity contribution is 7.92. The van der Waals surface area contributed by atoms with Gasteiger partial charge in [0.25, 0.3) is 5.91 Å². The third-order valence-corrected chi connectivity index (χ3v) is 7.78. The molecule has 1 aliphatic heterocycles. The molecule has 0 bridgehead atoms. The Hall–Kier alpha value is -3.15. The average Bonchev–Trinajstić information content (AvgIpc) is 2.76. The van der Waals surface area contributed by atoms with Gasteiger partial charge in [-0.15, -0.1) is 0 Å². The molecule has 1 aliphatic rings. The lowest BCUT2D eigenvalue weighted by Gasteiger charge is -2.39. The van der Waals surface area contributed by atoms with Gasteiger partial charge in [-0.1, -0.05) is 0 Å². The van der Waals surface area contributed by atoms with E-state index >= 15 is 0 Å². The van der Waals surface area contributed by atoms with E-state index in [4.69, 9.17) is 10.5 Å². The minimum Gasteiger partial charge on any atom is -0.480 e. The van der Waals surface area contributed by atoms with Crippen molar-refractivity contribution in [1.29, 1.82) is 0 Å². The fraction of sp³-hybridized carbons (Fsp3) is 0.400. The maximum atomic E-state index is 14.7. The Labute approximate surface area is 184 Å². The largest absolute Gasteiger partial charge is 0.480 e. The molecule has 0 fully saturated rings. The summed E-state index contributed by atoms with van der Waals surface area (Å²) in [6.07, 6.45) is 3.37. The summed E-state index contributed by atoms with van der Waals surface area (Å²) in [5.41, 5.74) is 4.25. The van der Waals surface area contributed by atoms with Crippen LogP contribution in [0.2, 0.25) is 0 Å². The van der Waals surface area contributed by atoms with Crippen molar-refractivity contribution in [3.05, 3.63) is 47.7 Å². The molecule has 32 heavy (non-hydrogen) atoms. The molecule has 3 N–H and O–H groups in total. The highest BCUT2D eigenvalue weighted by atomic mass is 32.2. The number of nitrogens with two attached hydrogens (primary N) is 1. The van der Waals surface area contributed by atoms with Gasteiger partial charge >= 0.3 is 0 Å². The molecule has 2 atom stereocenters. The Bertz CT molecular complexity index is 1170. The maximum Gasteiger partial charge on any atom is 0.275 e. The number of anilines is 1. The number of carbonyl (C=O) groups is 1. The first-order valence-electron chi connectivity index (χ1n) is 9.54. The predicted octanol–water partition coefficient (Wildman–Crippen LogP) is 2.00. The van der Waals surface area contributed by atoms with Crippen LogP contribution in [0, 0.1) is 5.82 Å². The van der Waals surface area contributed by atoms with E-state index in [1.165, 1.54) is 38.6 Å². The first-order valence-corrected chi connectivity index (χ1v) is 11.4. The number of rotatable bonds is 6. The number of benzene rings is 1. The molecule has 2 heterocycles. The monoisotopic (exact) mass is 467 g/mol. The second kappa shape index (κ2) is 8.41. The molecule has 172 valence electrons. The Balaban J connectivity index is 1.96. The van der Waals surface area contributed by atoms with Crippen LogP contribution in [0.25, 0.3) is 0 Å². The number of carbonyl (C=O) groups excluding carboxylic acids is 1. The van der Waals surface area contributed by atoms with Crippen molar-refractivity contribution in [2.75, 3.05) is 25.4 Å². The highest BCUT2D eigenvalue weighted by Crippen LogP contribution is 2.42. The van der Waals surface area contributed by atoms with Crippen molar-refractivity contribution in [3.63, 3.8) is 0 Å². The van der Waals surface area contributed by atoms with Crippen molar-refractivity contribution >= 4 is 27.3 Å². The normalized spacial score (nSPS) is 23.3. The molecule has 9 nitrogen and oxygen atoms in total. The molecular formula is C20H23F2N5O4S. The number of sulfone groups is 1. The van der Waals surface area contributed by atoms with Crippen molar-refractivity contribution in [1.82, 2.24) is 9.97 Å². The molecule has 0 unspecified atom stereocenters. The molecule has 0 saturated heterocycles. The van der Waals surface area contributed by atoms with E-state index in [9.17, 15) is 22.0 Å². The second-order valence-corrected chi connectivity index (χ2v) is 10.2. The lowest BCUT2D eigenvalue weighted by atomic mass is 9.80. The van der Waals surface area contributed by atoms with Crippen LogP contribution < -0.4 is 15.8 Å². The molecule has 12 heteroatoms. The fourth-order valence-electron chi connectivity index (χ4n) is 3.41. The predicted molar refractivity (Wildman–Crippen MR) is 115 cm³/mol. The third-order valence-electron chi connectivity index (χ3n) is 5.73. The summed E-state index contributed by atoms with van der Waals surface area (Å²) in [5.74, 6) is -1.44. The summed E-state index contributed by atoms with van der Waals surface area (Å²) < 4.78 is 56.8. The van der Waals surface area contributed by atoms with Gasteiger partial charge in [0.05, 0.1) is 19.5 Å². The van der Waals surface area contributed by atoms with E-state index in [1.54, 1.807) is 0 Å². The topological polar surface area (TPSA) is 137 Å². The number of nitrogens with zero attached hydrogens (tertiary/aromatic N) is 3. The van der Waals surface area contributed by atoms with E-state index in [1.807, 2.05) is 0 Å². The molecule has 0 aliphatic carbocycles. The summed E-state index contributed by atoms with van der Waals surface area (Å²) in [5, 5.41) is 2.55. The van der Waals surface area contributed by atoms with Gasteiger partial charge in [-0.25, -0.2) is 27.2 Å². The number of amides is 1. The smallest absolute Gasteiger partial charge is 0.275 e. The van der Waals surface area contributed by atoms with Gasteiger partial charge in [-0.2, -0.15) is 0 Å².